The van der Waals surface area contributed by atoms with Crippen molar-refractivity contribution in [1.82, 2.24) is 24.3 Å². The number of benzene rings is 3. The summed E-state index contributed by atoms with van der Waals surface area (Å²) in [5, 5.41) is 11.2. The molecule has 5 aromatic rings. The van der Waals surface area contributed by atoms with E-state index in [-0.39, 0.29) is 12.2 Å². The molecule has 0 amide bonds. The number of aryl methyl sites for hydroxylation is 1. The first kappa shape index (κ1) is 33.4. The normalized spacial score (nSPS) is 13.9. The van der Waals surface area contributed by atoms with Crippen LogP contribution in [0.5, 0.6) is 0 Å². The number of piperazine rings is 1. The van der Waals surface area contributed by atoms with Crippen LogP contribution in [-0.4, -0.2) is 84.1 Å². The van der Waals surface area contributed by atoms with E-state index in [9.17, 15) is 17.2 Å². The lowest BCUT2D eigenvalue weighted by atomic mass is 10.1. The van der Waals surface area contributed by atoms with Gasteiger partial charge in [0, 0.05) is 78.9 Å². The molecule has 3 aromatic carbocycles. The predicted molar refractivity (Wildman–Crippen MR) is 177 cm³/mol. The zero-order valence-electron chi connectivity index (χ0n) is 25.7. The molecule has 3 N–H and O–H groups in total. The van der Waals surface area contributed by atoms with Crippen LogP contribution in [0.3, 0.4) is 0 Å². The number of sulfonamides is 1. The number of anilines is 3. The SMILES string of the molecule is CN1CCN(CCCn2cc(-c3cc(Nc4ccc(NS(=O)(=O)c5ccc(F)cc5F)cc4)ncn3)c3ccccc32)CC1.O=CO. The molecule has 0 aliphatic carbocycles. The third kappa shape index (κ3) is 8.47. The minimum absolute atomic E-state index is 0.225. The maximum Gasteiger partial charge on any atom is 0.290 e. The molecule has 11 nitrogen and oxygen atoms in total. The molecule has 0 bridgehead atoms. The molecule has 14 heteroatoms. The van der Waals surface area contributed by atoms with Crippen molar-refractivity contribution < 1.29 is 27.1 Å². The molecule has 47 heavy (non-hydrogen) atoms. The minimum atomic E-state index is -4.24. The maximum absolute atomic E-state index is 14.0. The number of carbonyl (C=O) groups is 1. The summed E-state index contributed by atoms with van der Waals surface area (Å²) in [4.78, 5) is 21.6. The number of halogens is 2. The van der Waals surface area contributed by atoms with Crippen LogP contribution in [0.15, 0.2) is 90.2 Å². The molecule has 0 radical (unpaired) electrons. The topological polar surface area (TPSA) is 133 Å². The second-order valence-corrected chi connectivity index (χ2v) is 12.7. The van der Waals surface area contributed by atoms with Gasteiger partial charge in [-0.3, -0.25) is 9.52 Å². The molecule has 1 aliphatic rings. The fourth-order valence-corrected chi connectivity index (χ4v) is 6.54. The molecule has 1 fully saturated rings. The highest BCUT2D eigenvalue weighted by molar-refractivity contribution is 7.92. The summed E-state index contributed by atoms with van der Waals surface area (Å²) in [7, 11) is -2.07. The molecule has 6 rings (SSSR count). The van der Waals surface area contributed by atoms with Gasteiger partial charge in [-0.25, -0.2) is 27.2 Å². The summed E-state index contributed by atoms with van der Waals surface area (Å²) in [6.45, 7) is 6.18. The van der Waals surface area contributed by atoms with Crippen molar-refractivity contribution in [3.8, 4) is 11.3 Å². The van der Waals surface area contributed by atoms with Crippen LogP contribution >= 0.6 is 0 Å². The number of likely N-dealkylation sites (N-methyl/N-ethyl adjacent to an activating group) is 1. The Morgan fingerprint density at radius 3 is 2.34 bits per heavy atom. The molecule has 0 saturated carbocycles. The first-order chi connectivity index (χ1) is 22.7. The van der Waals surface area contributed by atoms with E-state index in [0.717, 1.165) is 80.0 Å². The Bertz CT molecular complexity index is 1930. The van der Waals surface area contributed by atoms with Gasteiger partial charge < -0.3 is 24.8 Å². The predicted octanol–water partition coefficient (Wildman–Crippen LogP) is 5.26. The van der Waals surface area contributed by atoms with Crippen molar-refractivity contribution in [2.75, 3.05) is 49.8 Å². The fourth-order valence-electron chi connectivity index (χ4n) is 5.42. The number of aromatic nitrogens is 3. The molecular formula is C33H35F2N7O4S. The van der Waals surface area contributed by atoms with Crippen molar-refractivity contribution >= 4 is 44.6 Å². The van der Waals surface area contributed by atoms with Gasteiger partial charge in [-0.2, -0.15) is 0 Å². The van der Waals surface area contributed by atoms with Crippen LogP contribution in [0.4, 0.5) is 26.0 Å². The third-order valence-electron chi connectivity index (χ3n) is 7.79. The number of para-hydroxylation sites is 1. The van der Waals surface area contributed by atoms with Crippen molar-refractivity contribution in [2.45, 2.75) is 17.9 Å². The summed E-state index contributed by atoms with van der Waals surface area (Å²) in [5.74, 6) is -1.44. The van der Waals surface area contributed by atoms with Gasteiger partial charge in [0.15, 0.2) is 0 Å². The minimum Gasteiger partial charge on any atom is -0.483 e. The molecule has 0 atom stereocenters. The fraction of sp³-hybridized carbons (Fsp3) is 0.242. The number of hydrogen-bond donors (Lipinski definition) is 3. The standard InChI is InChI=1S/C32H33F2N7O2S.CH2O2/c1-39-15-17-40(18-16-39)13-4-14-41-21-27(26-5-2-3-6-30(26)41)29-20-32(36-22-35-29)37-24-8-10-25(11-9-24)38-44(42,43)31-12-7-23(33)19-28(31)34;2-1-3/h2-3,5-12,19-22,38H,4,13-18H2,1H3,(H,35,36,37);1H,(H,2,3). The van der Waals surface area contributed by atoms with Gasteiger partial charge in [-0.1, -0.05) is 18.2 Å². The average Bonchev–Trinajstić information content (AvgIpc) is 3.42. The Labute approximate surface area is 271 Å². The molecule has 3 heterocycles. The summed E-state index contributed by atoms with van der Waals surface area (Å²) < 4.78 is 57.1. The maximum atomic E-state index is 14.0. The summed E-state index contributed by atoms with van der Waals surface area (Å²) in [6, 6.07) is 18.9. The second-order valence-electron chi connectivity index (χ2n) is 11.0. The lowest BCUT2D eigenvalue weighted by Crippen LogP contribution is -2.44. The lowest BCUT2D eigenvalue weighted by Gasteiger charge is -2.32. The van der Waals surface area contributed by atoms with Crippen molar-refractivity contribution in [2.24, 2.45) is 0 Å². The van der Waals surface area contributed by atoms with E-state index < -0.39 is 26.6 Å². The van der Waals surface area contributed by atoms with E-state index in [1.54, 1.807) is 24.3 Å². The van der Waals surface area contributed by atoms with Crippen LogP contribution in [0.2, 0.25) is 0 Å². The largest absolute Gasteiger partial charge is 0.483 e. The van der Waals surface area contributed by atoms with Gasteiger partial charge in [0.2, 0.25) is 0 Å². The van der Waals surface area contributed by atoms with E-state index >= 15 is 0 Å². The van der Waals surface area contributed by atoms with Crippen molar-refractivity contribution in [3.05, 3.63) is 97.0 Å². The van der Waals surface area contributed by atoms with Gasteiger partial charge in [-0.15, -0.1) is 0 Å². The molecule has 246 valence electrons. The van der Waals surface area contributed by atoms with Crippen LogP contribution < -0.4 is 10.0 Å². The quantitative estimate of drug-likeness (QED) is 0.171. The molecule has 0 unspecified atom stereocenters. The van der Waals surface area contributed by atoms with Crippen molar-refractivity contribution in [3.63, 3.8) is 0 Å². The first-order valence-electron chi connectivity index (χ1n) is 14.9. The highest BCUT2D eigenvalue weighted by Crippen LogP contribution is 2.31. The molecule has 2 aromatic heterocycles. The Hall–Kier alpha value is -4.92. The van der Waals surface area contributed by atoms with Gasteiger partial charge in [0.25, 0.3) is 16.5 Å². The van der Waals surface area contributed by atoms with Crippen molar-refractivity contribution in [1.29, 1.82) is 0 Å². The summed E-state index contributed by atoms with van der Waals surface area (Å²) in [5.41, 5.74) is 3.85. The first-order valence-corrected chi connectivity index (χ1v) is 16.4. The smallest absolute Gasteiger partial charge is 0.290 e. The second kappa shape index (κ2) is 15.1. The zero-order valence-corrected chi connectivity index (χ0v) is 26.5. The van der Waals surface area contributed by atoms with Crippen LogP contribution in [0.25, 0.3) is 22.2 Å². The molecule has 0 spiro atoms. The van der Waals surface area contributed by atoms with Gasteiger partial charge in [-0.05, 0) is 62.5 Å². The number of nitrogens with zero attached hydrogens (tertiary/aromatic N) is 5. The summed E-state index contributed by atoms with van der Waals surface area (Å²) in [6.07, 6.45) is 4.73. The number of nitrogens with one attached hydrogen (secondary N) is 2. The number of fused-ring (bicyclic) bond motifs is 1. The number of hydrogen-bond acceptors (Lipinski definition) is 8. The van der Waals surface area contributed by atoms with Gasteiger partial charge in [0.1, 0.15) is 28.7 Å². The molecule has 1 saturated heterocycles. The van der Waals surface area contributed by atoms with Crippen LogP contribution in [0.1, 0.15) is 6.42 Å². The molecule has 1 aliphatic heterocycles. The van der Waals surface area contributed by atoms with E-state index in [1.165, 1.54) is 6.33 Å². The Kier molecular flexibility index (Phi) is 10.8. The van der Waals surface area contributed by atoms with Gasteiger partial charge in [0.05, 0.1) is 5.69 Å². The van der Waals surface area contributed by atoms with E-state index in [1.807, 2.05) is 12.1 Å². The average molecular weight is 664 g/mol. The zero-order chi connectivity index (χ0) is 33.4. The summed E-state index contributed by atoms with van der Waals surface area (Å²) >= 11 is 0. The Morgan fingerprint density at radius 1 is 0.915 bits per heavy atom. The molecular weight excluding hydrogens is 628 g/mol. The van der Waals surface area contributed by atoms with E-state index in [2.05, 4.69) is 65.8 Å². The van der Waals surface area contributed by atoms with E-state index in [4.69, 9.17) is 9.90 Å². The highest BCUT2D eigenvalue weighted by Gasteiger charge is 2.20. The third-order valence-corrected chi connectivity index (χ3v) is 9.21. The Balaban J connectivity index is 0.00000139. The number of carboxylic acid groups (broad SMARTS) is 1. The highest BCUT2D eigenvalue weighted by atomic mass is 32.2. The van der Waals surface area contributed by atoms with Crippen LogP contribution in [0, 0.1) is 11.6 Å². The van der Waals surface area contributed by atoms with Crippen LogP contribution in [-0.2, 0) is 21.4 Å². The lowest BCUT2D eigenvalue weighted by molar-refractivity contribution is -0.122. The van der Waals surface area contributed by atoms with Gasteiger partial charge >= 0.3 is 0 Å². The monoisotopic (exact) mass is 663 g/mol. The number of rotatable bonds is 10. The Morgan fingerprint density at radius 2 is 1.62 bits per heavy atom. The van der Waals surface area contributed by atoms with E-state index in [0.29, 0.717) is 17.6 Å².